The predicted octanol–water partition coefficient (Wildman–Crippen LogP) is 1.05. The molecular formula is C11H14N4O3. The number of aliphatic carboxylic acids is 1. The molecule has 0 saturated carbocycles. The summed E-state index contributed by atoms with van der Waals surface area (Å²) in [6, 6.07) is 1.88. The third-order valence-corrected chi connectivity index (χ3v) is 2.58. The number of rotatable bonds is 5. The number of hydrogen-bond donors (Lipinski definition) is 1. The highest BCUT2D eigenvalue weighted by molar-refractivity contribution is 5.66. The van der Waals surface area contributed by atoms with Crippen LogP contribution in [-0.4, -0.2) is 31.1 Å². The minimum Gasteiger partial charge on any atom is -0.481 e. The highest BCUT2D eigenvalue weighted by Crippen LogP contribution is 2.18. The summed E-state index contributed by atoms with van der Waals surface area (Å²) in [5, 5.41) is 20.5. The molecule has 2 rings (SSSR count). The fraction of sp³-hybridized carbons (Fsp3) is 0.455. The fourth-order valence-electron chi connectivity index (χ4n) is 1.61. The molecule has 2 heterocycles. The molecule has 2 aromatic rings. The molecule has 0 spiro atoms. The van der Waals surface area contributed by atoms with Crippen LogP contribution in [0.25, 0.3) is 11.6 Å². The maximum atomic E-state index is 10.4. The number of aryl methyl sites for hydroxylation is 3. The van der Waals surface area contributed by atoms with Crippen molar-refractivity contribution in [1.29, 1.82) is 0 Å². The van der Waals surface area contributed by atoms with E-state index in [9.17, 15) is 4.79 Å². The average Bonchev–Trinajstić information content (AvgIpc) is 2.92. The molecule has 0 aliphatic rings. The minimum atomic E-state index is -0.888. The molecule has 18 heavy (non-hydrogen) atoms. The van der Waals surface area contributed by atoms with Crippen molar-refractivity contribution in [2.24, 2.45) is 7.05 Å². The Bertz CT molecular complexity index is 558. The van der Waals surface area contributed by atoms with Crippen molar-refractivity contribution in [3.63, 3.8) is 0 Å². The molecular weight excluding hydrogens is 236 g/mol. The second-order valence-corrected chi connectivity index (χ2v) is 3.89. The van der Waals surface area contributed by atoms with Gasteiger partial charge in [-0.3, -0.25) is 9.48 Å². The standard InChI is InChI=1S/C11H14N4O3/c1-3-7-6-8(14-15(7)2)11-13-12-9(18-11)4-5-10(16)17/h6H,3-5H2,1-2H3,(H,16,17). The normalized spacial score (nSPS) is 10.8. The van der Waals surface area contributed by atoms with Gasteiger partial charge < -0.3 is 9.52 Å². The molecule has 0 aliphatic carbocycles. The van der Waals surface area contributed by atoms with Crippen LogP contribution in [-0.2, 0) is 24.7 Å². The van der Waals surface area contributed by atoms with Crippen molar-refractivity contribution in [1.82, 2.24) is 20.0 Å². The molecule has 0 amide bonds. The quantitative estimate of drug-likeness (QED) is 0.852. The maximum absolute atomic E-state index is 10.4. The molecule has 0 bridgehead atoms. The van der Waals surface area contributed by atoms with Crippen molar-refractivity contribution >= 4 is 5.97 Å². The number of carboxylic acid groups (broad SMARTS) is 1. The zero-order valence-electron chi connectivity index (χ0n) is 10.3. The molecule has 1 N–H and O–H groups in total. The van der Waals surface area contributed by atoms with E-state index in [0.717, 1.165) is 12.1 Å². The Morgan fingerprint density at radius 3 is 2.89 bits per heavy atom. The summed E-state index contributed by atoms with van der Waals surface area (Å²) in [5.41, 5.74) is 1.68. The van der Waals surface area contributed by atoms with Crippen molar-refractivity contribution in [2.75, 3.05) is 0 Å². The Labute approximate surface area is 103 Å². The van der Waals surface area contributed by atoms with Crippen LogP contribution in [0.5, 0.6) is 0 Å². The molecule has 0 saturated heterocycles. The average molecular weight is 250 g/mol. The van der Waals surface area contributed by atoms with E-state index in [-0.39, 0.29) is 12.8 Å². The topological polar surface area (TPSA) is 94.0 Å². The van der Waals surface area contributed by atoms with Gasteiger partial charge in [-0.15, -0.1) is 10.2 Å². The Morgan fingerprint density at radius 2 is 2.28 bits per heavy atom. The second kappa shape index (κ2) is 4.99. The molecule has 2 aromatic heterocycles. The van der Waals surface area contributed by atoms with E-state index in [4.69, 9.17) is 9.52 Å². The van der Waals surface area contributed by atoms with Gasteiger partial charge in [-0.1, -0.05) is 6.92 Å². The number of aromatic nitrogens is 4. The van der Waals surface area contributed by atoms with Crippen LogP contribution in [0.4, 0.5) is 0 Å². The van der Waals surface area contributed by atoms with Crippen LogP contribution in [0.1, 0.15) is 24.9 Å². The van der Waals surface area contributed by atoms with Gasteiger partial charge in [-0.2, -0.15) is 5.10 Å². The van der Waals surface area contributed by atoms with Gasteiger partial charge in [0.1, 0.15) is 5.69 Å². The van der Waals surface area contributed by atoms with E-state index < -0.39 is 5.97 Å². The van der Waals surface area contributed by atoms with Crippen molar-refractivity contribution in [3.8, 4) is 11.6 Å². The molecule has 0 radical (unpaired) electrons. The van der Waals surface area contributed by atoms with E-state index in [2.05, 4.69) is 15.3 Å². The summed E-state index contributed by atoms with van der Waals surface area (Å²) in [4.78, 5) is 10.4. The zero-order valence-corrected chi connectivity index (χ0v) is 10.3. The van der Waals surface area contributed by atoms with Crippen LogP contribution in [0.3, 0.4) is 0 Å². The Morgan fingerprint density at radius 1 is 1.50 bits per heavy atom. The Balaban J connectivity index is 2.15. The van der Waals surface area contributed by atoms with Crippen molar-refractivity contribution < 1.29 is 14.3 Å². The van der Waals surface area contributed by atoms with Crippen LogP contribution in [0.2, 0.25) is 0 Å². The van der Waals surface area contributed by atoms with Gasteiger partial charge in [0.25, 0.3) is 5.89 Å². The molecule has 7 heteroatoms. The predicted molar refractivity (Wildman–Crippen MR) is 61.8 cm³/mol. The Kier molecular flexibility index (Phi) is 3.40. The number of nitrogens with zero attached hydrogens (tertiary/aromatic N) is 4. The molecule has 0 atom stereocenters. The smallest absolute Gasteiger partial charge is 0.303 e. The van der Waals surface area contributed by atoms with Gasteiger partial charge >= 0.3 is 5.97 Å². The van der Waals surface area contributed by atoms with E-state index >= 15 is 0 Å². The summed E-state index contributed by atoms with van der Waals surface area (Å²) in [5.74, 6) is -0.248. The third kappa shape index (κ3) is 2.55. The summed E-state index contributed by atoms with van der Waals surface area (Å²) in [6.07, 6.45) is 1.07. The van der Waals surface area contributed by atoms with Crippen LogP contribution >= 0.6 is 0 Å². The maximum Gasteiger partial charge on any atom is 0.303 e. The van der Waals surface area contributed by atoms with Crippen molar-refractivity contribution in [3.05, 3.63) is 17.7 Å². The molecule has 96 valence electrons. The highest BCUT2D eigenvalue weighted by atomic mass is 16.4. The van der Waals surface area contributed by atoms with Gasteiger partial charge in [-0.25, -0.2) is 0 Å². The Hall–Kier alpha value is -2.18. The largest absolute Gasteiger partial charge is 0.481 e. The summed E-state index contributed by atoms with van der Waals surface area (Å²) >= 11 is 0. The monoisotopic (exact) mass is 250 g/mol. The van der Waals surface area contributed by atoms with Gasteiger partial charge in [0.15, 0.2) is 0 Å². The minimum absolute atomic E-state index is 0.0237. The van der Waals surface area contributed by atoms with Crippen LogP contribution < -0.4 is 0 Å². The first-order chi connectivity index (χ1) is 8.60. The first kappa shape index (κ1) is 12.3. The van der Waals surface area contributed by atoms with E-state index in [1.165, 1.54) is 0 Å². The molecule has 0 unspecified atom stereocenters. The van der Waals surface area contributed by atoms with Crippen LogP contribution in [0, 0.1) is 0 Å². The molecule has 7 nitrogen and oxygen atoms in total. The summed E-state index contributed by atoms with van der Waals surface area (Å²) in [7, 11) is 1.85. The third-order valence-electron chi connectivity index (χ3n) is 2.58. The van der Waals surface area contributed by atoms with E-state index in [0.29, 0.717) is 17.5 Å². The number of carboxylic acids is 1. The van der Waals surface area contributed by atoms with Crippen molar-refractivity contribution in [2.45, 2.75) is 26.2 Å². The summed E-state index contributed by atoms with van der Waals surface area (Å²) in [6.45, 7) is 2.03. The lowest BCUT2D eigenvalue weighted by molar-refractivity contribution is -0.137. The van der Waals surface area contributed by atoms with Gasteiger partial charge in [0.2, 0.25) is 5.89 Å². The first-order valence-electron chi connectivity index (χ1n) is 5.67. The molecule has 0 fully saturated rings. The highest BCUT2D eigenvalue weighted by Gasteiger charge is 2.13. The van der Waals surface area contributed by atoms with E-state index in [1.807, 2.05) is 20.0 Å². The van der Waals surface area contributed by atoms with Gasteiger partial charge in [0.05, 0.1) is 6.42 Å². The summed E-state index contributed by atoms with van der Waals surface area (Å²) < 4.78 is 7.13. The lowest BCUT2D eigenvalue weighted by atomic mass is 10.3. The lowest BCUT2D eigenvalue weighted by Crippen LogP contribution is -1.97. The molecule has 0 aliphatic heterocycles. The number of hydrogen-bond acceptors (Lipinski definition) is 5. The SMILES string of the molecule is CCc1cc(-c2nnc(CCC(=O)O)o2)nn1C. The lowest BCUT2D eigenvalue weighted by Gasteiger charge is -1.92. The molecule has 0 aromatic carbocycles. The number of carbonyl (C=O) groups is 1. The zero-order chi connectivity index (χ0) is 13.1. The van der Waals surface area contributed by atoms with Gasteiger partial charge in [0, 0.05) is 19.2 Å². The fourth-order valence-corrected chi connectivity index (χ4v) is 1.61. The first-order valence-corrected chi connectivity index (χ1v) is 5.67. The van der Waals surface area contributed by atoms with Crippen LogP contribution in [0.15, 0.2) is 10.5 Å². The second-order valence-electron chi connectivity index (χ2n) is 3.89. The van der Waals surface area contributed by atoms with Gasteiger partial charge in [-0.05, 0) is 12.5 Å². The van der Waals surface area contributed by atoms with E-state index in [1.54, 1.807) is 4.68 Å².